The maximum Gasteiger partial charge on any atom is 0.321 e. The summed E-state index contributed by atoms with van der Waals surface area (Å²) in [5.41, 5.74) is 1.11. The number of carbonyl (C=O) groups excluding carboxylic acids is 2. The molecule has 1 aromatic rings. The van der Waals surface area contributed by atoms with Crippen LogP contribution in [0.25, 0.3) is 0 Å². The van der Waals surface area contributed by atoms with Gasteiger partial charge in [0, 0.05) is 19.1 Å². The zero-order valence-electron chi connectivity index (χ0n) is 13.4. The lowest BCUT2D eigenvalue weighted by Crippen LogP contribution is -2.44. The Labute approximate surface area is 136 Å². The van der Waals surface area contributed by atoms with Gasteiger partial charge >= 0.3 is 6.03 Å². The predicted molar refractivity (Wildman–Crippen MR) is 88.2 cm³/mol. The van der Waals surface area contributed by atoms with Crippen molar-refractivity contribution in [3.05, 3.63) is 42.5 Å². The number of carbonyl (C=O) groups is 2. The molecular formula is C17H23N3O3. The van der Waals surface area contributed by atoms with Crippen molar-refractivity contribution in [2.24, 2.45) is 0 Å². The molecule has 1 aromatic carbocycles. The first-order chi connectivity index (χ1) is 11.1. The molecule has 124 valence electrons. The van der Waals surface area contributed by atoms with Crippen LogP contribution in [-0.2, 0) is 11.3 Å². The van der Waals surface area contributed by atoms with Crippen LogP contribution in [0.5, 0.6) is 5.75 Å². The molecule has 1 fully saturated rings. The van der Waals surface area contributed by atoms with E-state index in [0.717, 1.165) is 24.2 Å². The van der Waals surface area contributed by atoms with Crippen molar-refractivity contribution in [1.82, 2.24) is 15.5 Å². The largest absolute Gasteiger partial charge is 0.497 e. The van der Waals surface area contributed by atoms with Gasteiger partial charge in [-0.15, -0.1) is 6.58 Å². The molecule has 3 amide bonds. The van der Waals surface area contributed by atoms with E-state index < -0.39 is 6.03 Å². The molecule has 2 rings (SSSR count). The van der Waals surface area contributed by atoms with Crippen LogP contribution in [0.4, 0.5) is 4.79 Å². The fraction of sp³-hybridized carbons (Fsp3) is 0.412. The Morgan fingerprint density at radius 2 is 2.04 bits per heavy atom. The van der Waals surface area contributed by atoms with Gasteiger partial charge in [-0.3, -0.25) is 15.0 Å². The fourth-order valence-electron chi connectivity index (χ4n) is 2.28. The second-order valence-corrected chi connectivity index (χ2v) is 5.53. The summed E-state index contributed by atoms with van der Waals surface area (Å²) in [6.45, 7) is 4.72. The normalized spacial score (nSPS) is 13.5. The van der Waals surface area contributed by atoms with Crippen molar-refractivity contribution in [3.63, 3.8) is 0 Å². The number of nitrogens with zero attached hydrogens (tertiary/aromatic N) is 1. The third-order valence-corrected chi connectivity index (χ3v) is 3.61. The van der Waals surface area contributed by atoms with Gasteiger partial charge in [-0.2, -0.15) is 0 Å². The molecule has 6 heteroatoms. The molecule has 2 N–H and O–H groups in total. The Morgan fingerprint density at radius 3 is 2.61 bits per heavy atom. The fourth-order valence-corrected chi connectivity index (χ4v) is 2.28. The number of hydrogen-bond acceptors (Lipinski definition) is 4. The van der Waals surface area contributed by atoms with E-state index in [-0.39, 0.29) is 12.5 Å². The number of ether oxygens (including phenoxy) is 1. The van der Waals surface area contributed by atoms with Gasteiger partial charge in [0.25, 0.3) is 0 Å². The molecule has 0 atom stereocenters. The molecule has 0 bridgehead atoms. The number of methoxy groups -OCH3 is 1. The van der Waals surface area contributed by atoms with E-state index in [4.69, 9.17) is 4.74 Å². The maximum atomic E-state index is 12.0. The summed E-state index contributed by atoms with van der Waals surface area (Å²) in [4.78, 5) is 25.6. The molecule has 0 unspecified atom stereocenters. The van der Waals surface area contributed by atoms with Crippen LogP contribution < -0.4 is 15.4 Å². The van der Waals surface area contributed by atoms with Gasteiger partial charge in [-0.1, -0.05) is 18.2 Å². The van der Waals surface area contributed by atoms with Gasteiger partial charge in [0.2, 0.25) is 5.91 Å². The first-order valence-electron chi connectivity index (χ1n) is 7.68. The summed E-state index contributed by atoms with van der Waals surface area (Å²) in [5, 5.41) is 4.86. The van der Waals surface area contributed by atoms with Crippen molar-refractivity contribution < 1.29 is 14.3 Å². The second-order valence-electron chi connectivity index (χ2n) is 5.53. The number of rotatable bonds is 8. The minimum absolute atomic E-state index is 0.207. The van der Waals surface area contributed by atoms with Gasteiger partial charge in [0.1, 0.15) is 5.75 Å². The van der Waals surface area contributed by atoms with Crippen LogP contribution in [0.2, 0.25) is 0 Å². The zero-order chi connectivity index (χ0) is 16.7. The van der Waals surface area contributed by atoms with E-state index in [1.54, 1.807) is 13.2 Å². The lowest BCUT2D eigenvalue weighted by molar-refractivity contribution is -0.121. The standard InChI is InChI=1S/C17H23N3O3/c1-3-10-18-17(22)19-16(21)12-20(14-6-7-14)11-13-4-8-15(23-2)9-5-13/h3-5,8-9,14H,1,6-7,10-12H2,2H3,(H2,18,19,21,22). The lowest BCUT2D eigenvalue weighted by Gasteiger charge is -2.21. The Balaban J connectivity index is 1.87. The maximum absolute atomic E-state index is 12.0. The van der Waals surface area contributed by atoms with Crippen molar-refractivity contribution in [1.29, 1.82) is 0 Å². The number of amides is 3. The third kappa shape index (κ3) is 5.75. The summed E-state index contributed by atoms with van der Waals surface area (Å²) in [7, 11) is 1.63. The quantitative estimate of drug-likeness (QED) is 0.716. The van der Waals surface area contributed by atoms with E-state index in [1.807, 2.05) is 24.3 Å². The summed E-state index contributed by atoms with van der Waals surface area (Å²) < 4.78 is 5.15. The number of benzene rings is 1. The Bertz CT molecular complexity index is 553. The smallest absolute Gasteiger partial charge is 0.321 e. The molecule has 1 saturated carbocycles. The van der Waals surface area contributed by atoms with Crippen LogP contribution in [0.15, 0.2) is 36.9 Å². The highest BCUT2D eigenvalue weighted by molar-refractivity contribution is 5.95. The number of hydrogen-bond donors (Lipinski definition) is 2. The Kier molecular flexibility index (Phi) is 6.17. The highest BCUT2D eigenvalue weighted by Crippen LogP contribution is 2.28. The highest BCUT2D eigenvalue weighted by atomic mass is 16.5. The average Bonchev–Trinajstić information content (AvgIpc) is 3.38. The van der Waals surface area contributed by atoms with Gasteiger partial charge in [0.05, 0.1) is 13.7 Å². The minimum atomic E-state index is -0.491. The first-order valence-corrected chi connectivity index (χ1v) is 7.68. The molecule has 0 aliphatic heterocycles. The predicted octanol–water partition coefficient (Wildman–Crippen LogP) is 1.67. The summed E-state index contributed by atoms with van der Waals surface area (Å²) in [5.74, 6) is 0.510. The summed E-state index contributed by atoms with van der Waals surface area (Å²) in [6.07, 6.45) is 3.74. The topological polar surface area (TPSA) is 70.7 Å². The van der Waals surface area contributed by atoms with Crippen LogP contribution >= 0.6 is 0 Å². The number of imide groups is 1. The zero-order valence-corrected chi connectivity index (χ0v) is 13.4. The van der Waals surface area contributed by atoms with Crippen LogP contribution in [0.3, 0.4) is 0 Å². The van der Waals surface area contributed by atoms with Gasteiger partial charge in [-0.05, 0) is 30.5 Å². The second kappa shape index (κ2) is 8.33. The van der Waals surface area contributed by atoms with Crippen molar-refractivity contribution >= 4 is 11.9 Å². The third-order valence-electron chi connectivity index (χ3n) is 3.61. The molecule has 6 nitrogen and oxygen atoms in total. The van der Waals surface area contributed by atoms with Gasteiger partial charge in [-0.25, -0.2) is 4.79 Å². The molecule has 1 aliphatic rings. The summed E-state index contributed by atoms with van der Waals surface area (Å²) in [6, 6.07) is 7.72. The molecule has 0 spiro atoms. The van der Waals surface area contributed by atoms with E-state index in [9.17, 15) is 9.59 Å². The molecule has 0 heterocycles. The van der Waals surface area contributed by atoms with E-state index in [2.05, 4.69) is 22.1 Å². The minimum Gasteiger partial charge on any atom is -0.497 e. The van der Waals surface area contributed by atoms with Crippen LogP contribution in [-0.4, -0.2) is 43.1 Å². The monoisotopic (exact) mass is 317 g/mol. The summed E-state index contributed by atoms with van der Waals surface area (Å²) >= 11 is 0. The Morgan fingerprint density at radius 1 is 1.35 bits per heavy atom. The molecule has 1 aliphatic carbocycles. The van der Waals surface area contributed by atoms with Crippen molar-refractivity contribution in [2.75, 3.05) is 20.2 Å². The average molecular weight is 317 g/mol. The van der Waals surface area contributed by atoms with E-state index in [1.165, 1.54) is 0 Å². The lowest BCUT2D eigenvalue weighted by atomic mass is 10.2. The van der Waals surface area contributed by atoms with Crippen molar-refractivity contribution in [3.8, 4) is 5.75 Å². The number of urea groups is 1. The van der Waals surface area contributed by atoms with Crippen LogP contribution in [0, 0.1) is 0 Å². The van der Waals surface area contributed by atoms with E-state index >= 15 is 0 Å². The molecular weight excluding hydrogens is 294 g/mol. The highest BCUT2D eigenvalue weighted by Gasteiger charge is 2.30. The first kappa shape index (κ1) is 17.0. The molecule has 23 heavy (non-hydrogen) atoms. The Hall–Kier alpha value is -2.34. The van der Waals surface area contributed by atoms with Crippen molar-refractivity contribution in [2.45, 2.75) is 25.4 Å². The molecule has 0 aromatic heterocycles. The van der Waals surface area contributed by atoms with E-state index in [0.29, 0.717) is 19.1 Å². The van der Waals surface area contributed by atoms with Gasteiger partial charge in [0.15, 0.2) is 0 Å². The SMILES string of the molecule is C=CCNC(=O)NC(=O)CN(Cc1ccc(OC)cc1)C1CC1. The van der Waals surface area contributed by atoms with Crippen LogP contribution in [0.1, 0.15) is 18.4 Å². The molecule has 0 radical (unpaired) electrons. The molecule has 0 saturated heterocycles. The van der Waals surface area contributed by atoms with Gasteiger partial charge < -0.3 is 10.1 Å². The number of nitrogens with one attached hydrogen (secondary N) is 2.